The summed E-state index contributed by atoms with van der Waals surface area (Å²) in [6.07, 6.45) is -4.88. The third-order valence-electron chi connectivity index (χ3n) is 1.56. The molecule has 0 N–H and O–H groups in total. The highest BCUT2D eigenvalue weighted by Gasteiger charge is 2.34. The Morgan fingerprint density at radius 1 is 1.06 bits per heavy atom. The van der Waals surface area contributed by atoms with E-state index in [-0.39, 0.29) is 12.1 Å². The molecule has 0 fully saturated rings. The smallest absolute Gasteiger partial charge is 0.258 e. The number of hydrogen-bond donors (Lipinski definition) is 0. The first-order valence-electron chi connectivity index (χ1n) is 3.65. The van der Waals surface area contributed by atoms with Gasteiger partial charge in [-0.1, -0.05) is 0 Å². The van der Waals surface area contributed by atoms with Gasteiger partial charge in [0.2, 0.25) is 0 Å². The normalized spacial score (nSPS) is 11.2. The molecule has 1 aromatic carbocycles. The van der Waals surface area contributed by atoms with Gasteiger partial charge in [0, 0.05) is 12.1 Å². The average molecular weight is 235 g/mol. The van der Waals surface area contributed by atoms with Crippen molar-refractivity contribution in [3.05, 3.63) is 44.0 Å². The van der Waals surface area contributed by atoms with E-state index in [1.54, 1.807) is 6.07 Å². The quantitative estimate of drug-likeness (QED) is 0.581. The van der Waals surface area contributed by atoms with E-state index in [0.29, 0.717) is 0 Å². The molecule has 1 radical (unpaired) electrons. The van der Waals surface area contributed by atoms with Crippen molar-refractivity contribution in [1.29, 1.82) is 0 Å². The van der Waals surface area contributed by atoms with Crippen molar-refractivity contribution in [3.8, 4) is 0 Å². The molecule has 0 saturated heterocycles. The van der Waals surface area contributed by atoms with Crippen LogP contribution in [0.4, 0.5) is 24.5 Å². The summed E-state index contributed by atoms with van der Waals surface area (Å²) in [5.74, 6) is 0. The number of nitro benzene ring substituents is 2. The molecule has 0 heterocycles. The zero-order valence-electron chi connectivity index (χ0n) is 7.32. The second-order valence-electron chi connectivity index (χ2n) is 2.65. The number of hydrogen-bond acceptors (Lipinski definition) is 4. The number of non-ortho nitro benzene ring substituents is 2. The van der Waals surface area contributed by atoms with Crippen LogP contribution in [0.3, 0.4) is 0 Å². The molecule has 6 nitrogen and oxygen atoms in total. The predicted octanol–water partition coefficient (Wildman–Crippen LogP) is 2.32. The predicted molar refractivity (Wildman–Crippen MR) is 43.6 cm³/mol. The van der Waals surface area contributed by atoms with Crippen LogP contribution in [0, 0.1) is 26.3 Å². The van der Waals surface area contributed by atoms with Crippen molar-refractivity contribution in [1.82, 2.24) is 0 Å². The van der Waals surface area contributed by atoms with Crippen LogP contribution in [0.5, 0.6) is 0 Å². The fourth-order valence-electron chi connectivity index (χ4n) is 0.900. The van der Waals surface area contributed by atoms with Crippen LogP contribution in [0.2, 0.25) is 0 Å². The second-order valence-corrected chi connectivity index (χ2v) is 2.65. The molecule has 0 aliphatic carbocycles. The molecule has 0 aromatic heterocycles. The lowest BCUT2D eigenvalue weighted by molar-refractivity contribution is -0.395. The first-order valence-corrected chi connectivity index (χ1v) is 3.65. The Balaban J connectivity index is 3.42. The number of alkyl halides is 3. The Kier molecular flexibility index (Phi) is 2.79. The van der Waals surface area contributed by atoms with Crippen LogP contribution in [-0.2, 0) is 6.18 Å². The molecule has 0 atom stereocenters. The highest BCUT2D eigenvalue weighted by Crippen LogP contribution is 2.34. The molecule has 9 heteroatoms. The SMILES string of the molecule is O=[N+]([O-])c1[c]c([N+](=O)[O-])cc(C(F)(F)F)c1. The summed E-state index contributed by atoms with van der Waals surface area (Å²) >= 11 is 0. The first kappa shape index (κ1) is 11.9. The number of rotatable bonds is 2. The summed E-state index contributed by atoms with van der Waals surface area (Å²) in [6.45, 7) is 0. The molecule has 0 aliphatic heterocycles. The van der Waals surface area contributed by atoms with E-state index in [9.17, 15) is 33.4 Å². The maximum absolute atomic E-state index is 12.2. The highest BCUT2D eigenvalue weighted by molar-refractivity contribution is 5.46. The monoisotopic (exact) mass is 235 g/mol. The fraction of sp³-hybridized carbons (Fsp3) is 0.143. The lowest BCUT2D eigenvalue weighted by Gasteiger charge is -2.05. The molecular formula is C7H2F3N2O4. The van der Waals surface area contributed by atoms with Gasteiger partial charge >= 0.3 is 6.18 Å². The molecule has 1 aromatic rings. The summed E-state index contributed by atoms with van der Waals surface area (Å²) in [6, 6.07) is 2.03. The summed E-state index contributed by atoms with van der Waals surface area (Å²) in [5, 5.41) is 20.5. The van der Waals surface area contributed by atoms with Gasteiger partial charge in [-0.15, -0.1) is 0 Å². The minimum absolute atomic E-state index is 0.188. The molecular weight excluding hydrogens is 233 g/mol. The third kappa shape index (κ3) is 2.43. The third-order valence-corrected chi connectivity index (χ3v) is 1.56. The Bertz CT molecular complexity index is 425. The van der Waals surface area contributed by atoms with Crippen LogP contribution in [-0.4, -0.2) is 9.85 Å². The van der Waals surface area contributed by atoms with Crippen molar-refractivity contribution in [2.24, 2.45) is 0 Å². The van der Waals surface area contributed by atoms with Gasteiger partial charge in [-0.3, -0.25) is 20.2 Å². The highest BCUT2D eigenvalue weighted by atomic mass is 19.4. The van der Waals surface area contributed by atoms with E-state index >= 15 is 0 Å². The Hall–Kier alpha value is -2.19. The first-order chi connectivity index (χ1) is 7.21. The lowest BCUT2D eigenvalue weighted by Crippen LogP contribution is -2.06. The van der Waals surface area contributed by atoms with Crippen LogP contribution < -0.4 is 0 Å². The van der Waals surface area contributed by atoms with Gasteiger partial charge in [-0.2, -0.15) is 13.2 Å². The minimum Gasteiger partial charge on any atom is -0.258 e. The molecule has 0 aliphatic rings. The molecule has 0 unspecified atom stereocenters. The Morgan fingerprint density at radius 2 is 1.44 bits per heavy atom. The molecule has 0 spiro atoms. The lowest BCUT2D eigenvalue weighted by atomic mass is 10.1. The van der Waals surface area contributed by atoms with Crippen molar-refractivity contribution in [2.75, 3.05) is 0 Å². The maximum atomic E-state index is 12.2. The largest absolute Gasteiger partial charge is 0.416 e. The van der Waals surface area contributed by atoms with Gasteiger partial charge in [-0.05, 0) is 0 Å². The van der Waals surface area contributed by atoms with Gasteiger partial charge in [0.25, 0.3) is 11.4 Å². The standard InChI is InChI=1S/C7H2F3N2O4/c8-7(9,10)4-1-5(11(13)14)3-6(2-4)12(15)16/h1-2H. The number of benzene rings is 1. The van der Waals surface area contributed by atoms with Gasteiger partial charge < -0.3 is 0 Å². The fourth-order valence-corrected chi connectivity index (χ4v) is 0.900. The van der Waals surface area contributed by atoms with E-state index < -0.39 is 33.0 Å². The minimum atomic E-state index is -4.88. The summed E-state index contributed by atoms with van der Waals surface area (Å²) in [5.41, 5.74) is -3.65. The number of nitrogens with zero attached hydrogens (tertiary/aromatic N) is 2. The van der Waals surface area contributed by atoms with Gasteiger partial charge in [0.1, 0.15) is 0 Å². The van der Waals surface area contributed by atoms with E-state index in [0.717, 1.165) is 0 Å². The molecule has 85 valence electrons. The van der Waals surface area contributed by atoms with Crippen LogP contribution in [0.15, 0.2) is 12.1 Å². The maximum Gasteiger partial charge on any atom is 0.416 e. The van der Waals surface area contributed by atoms with Crippen LogP contribution in [0.25, 0.3) is 0 Å². The molecule has 1 rings (SSSR count). The topological polar surface area (TPSA) is 86.3 Å². The number of halogens is 3. The van der Waals surface area contributed by atoms with Crippen molar-refractivity contribution in [2.45, 2.75) is 6.18 Å². The second kappa shape index (κ2) is 3.76. The van der Waals surface area contributed by atoms with E-state index in [1.807, 2.05) is 0 Å². The summed E-state index contributed by atoms with van der Waals surface area (Å²) in [7, 11) is 0. The van der Waals surface area contributed by atoms with Crippen molar-refractivity contribution in [3.63, 3.8) is 0 Å². The summed E-state index contributed by atoms with van der Waals surface area (Å²) in [4.78, 5) is 18.1. The number of nitro groups is 2. The van der Waals surface area contributed by atoms with Crippen LogP contribution in [0.1, 0.15) is 5.56 Å². The van der Waals surface area contributed by atoms with E-state index in [2.05, 4.69) is 0 Å². The average Bonchev–Trinajstić information content (AvgIpc) is 2.15. The Morgan fingerprint density at radius 3 is 1.69 bits per heavy atom. The van der Waals surface area contributed by atoms with E-state index in [1.165, 1.54) is 0 Å². The van der Waals surface area contributed by atoms with Crippen molar-refractivity contribution >= 4 is 11.4 Å². The molecule has 0 amide bonds. The summed E-state index contributed by atoms with van der Waals surface area (Å²) < 4.78 is 36.6. The van der Waals surface area contributed by atoms with E-state index in [4.69, 9.17) is 0 Å². The van der Waals surface area contributed by atoms with Gasteiger partial charge in [0.05, 0.1) is 15.4 Å². The zero-order valence-corrected chi connectivity index (χ0v) is 7.32. The van der Waals surface area contributed by atoms with Crippen molar-refractivity contribution < 1.29 is 23.0 Å². The molecule has 0 saturated carbocycles. The zero-order chi connectivity index (χ0) is 12.5. The molecule has 0 bridgehead atoms. The van der Waals surface area contributed by atoms with Gasteiger partial charge in [0.15, 0.2) is 6.07 Å². The molecule has 16 heavy (non-hydrogen) atoms. The van der Waals surface area contributed by atoms with Gasteiger partial charge in [-0.25, -0.2) is 0 Å². The van der Waals surface area contributed by atoms with Crippen LogP contribution >= 0.6 is 0 Å². The Labute approximate surface area is 85.6 Å².